The van der Waals surface area contributed by atoms with Gasteiger partial charge in [-0.1, -0.05) is 12.1 Å². The molecule has 0 bridgehead atoms. The lowest BCUT2D eigenvalue weighted by molar-refractivity contribution is -0.134. The Bertz CT molecular complexity index is 819. The lowest BCUT2D eigenvalue weighted by Gasteiger charge is -2.13. The maximum absolute atomic E-state index is 12.3. The van der Waals surface area contributed by atoms with Crippen LogP contribution in [-0.4, -0.2) is 43.4 Å². The molecule has 0 unspecified atom stereocenters. The molecule has 1 aliphatic rings. The summed E-state index contributed by atoms with van der Waals surface area (Å²) >= 11 is 0. The number of rotatable bonds is 6. The molecule has 0 aliphatic carbocycles. The number of ether oxygens (including phenoxy) is 3. The number of fused-ring (bicyclic) bond motifs is 1. The van der Waals surface area contributed by atoms with E-state index in [2.05, 4.69) is 0 Å². The fourth-order valence-corrected chi connectivity index (χ4v) is 2.67. The van der Waals surface area contributed by atoms with E-state index in [4.69, 9.17) is 14.2 Å². The number of carbonyl (C=O) groups excluding carboxylic acids is 3. The van der Waals surface area contributed by atoms with Crippen LogP contribution in [0.5, 0.6) is 17.2 Å². The Morgan fingerprint density at radius 2 is 1.38 bits per heavy atom. The van der Waals surface area contributed by atoms with Crippen LogP contribution >= 0.6 is 0 Å². The van der Waals surface area contributed by atoms with Crippen molar-refractivity contribution in [2.24, 2.45) is 0 Å². The average Bonchev–Trinajstić information content (AvgIpc) is 2.90. The monoisotopic (exact) mass is 355 g/mol. The standard InChI is InChI=1S/C19H17NO6/c1-24-12-9-13(25-2)11-14(10-12)26-17(21)7-8-20-18(22)15-5-3-4-6-16(15)19(20)23/h3-6,9-11H,7-8H2,1-2H3. The van der Waals surface area contributed by atoms with E-state index in [0.29, 0.717) is 22.6 Å². The molecule has 0 fully saturated rings. The van der Waals surface area contributed by atoms with Gasteiger partial charge in [-0.3, -0.25) is 19.3 Å². The number of hydrogen-bond donors (Lipinski definition) is 0. The first-order valence-corrected chi connectivity index (χ1v) is 7.92. The molecule has 7 nitrogen and oxygen atoms in total. The van der Waals surface area contributed by atoms with E-state index in [9.17, 15) is 14.4 Å². The van der Waals surface area contributed by atoms with Crippen LogP contribution in [0.4, 0.5) is 0 Å². The molecule has 3 rings (SSSR count). The number of methoxy groups -OCH3 is 2. The van der Waals surface area contributed by atoms with Gasteiger partial charge in [0, 0.05) is 24.7 Å². The molecule has 134 valence electrons. The molecule has 0 saturated carbocycles. The van der Waals surface area contributed by atoms with Crippen LogP contribution in [0.3, 0.4) is 0 Å². The Hall–Kier alpha value is -3.35. The van der Waals surface area contributed by atoms with Gasteiger partial charge >= 0.3 is 5.97 Å². The molecule has 0 spiro atoms. The molecule has 2 aromatic rings. The fourth-order valence-electron chi connectivity index (χ4n) is 2.67. The van der Waals surface area contributed by atoms with Crippen LogP contribution in [0.1, 0.15) is 27.1 Å². The summed E-state index contributed by atoms with van der Waals surface area (Å²) in [6, 6.07) is 11.3. The van der Waals surface area contributed by atoms with E-state index in [1.165, 1.54) is 14.2 Å². The van der Waals surface area contributed by atoms with Gasteiger partial charge in [0.1, 0.15) is 17.2 Å². The van der Waals surface area contributed by atoms with Gasteiger partial charge in [0.15, 0.2) is 0 Å². The van der Waals surface area contributed by atoms with Crippen molar-refractivity contribution in [2.45, 2.75) is 6.42 Å². The Labute approximate surface area is 150 Å². The summed E-state index contributed by atoms with van der Waals surface area (Å²) in [5, 5.41) is 0. The Morgan fingerprint density at radius 1 is 0.885 bits per heavy atom. The van der Waals surface area contributed by atoms with Crippen molar-refractivity contribution >= 4 is 17.8 Å². The second-order valence-electron chi connectivity index (χ2n) is 5.58. The van der Waals surface area contributed by atoms with Crippen LogP contribution in [0.2, 0.25) is 0 Å². The molecule has 1 heterocycles. The van der Waals surface area contributed by atoms with Crippen LogP contribution in [0.25, 0.3) is 0 Å². The van der Waals surface area contributed by atoms with Crippen molar-refractivity contribution in [3.05, 3.63) is 53.6 Å². The van der Waals surface area contributed by atoms with Crippen molar-refractivity contribution in [1.82, 2.24) is 4.90 Å². The molecule has 0 saturated heterocycles. The lowest BCUT2D eigenvalue weighted by atomic mass is 10.1. The lowest BCUT2D eigenvalue weighted by Crippen LogP contribution is -2.32. The van der Waals surface area contributed by atoms with E-state index in [-0.39, 0.29) is 18.7 Å². The summed E-state index contributed by atoms with van der Waals surface area (Å²) < 4.78 is 15.5. The Balaban J connectivity index is 1.64. The molecule has 2 aromatic carbocycles. The van der Waals surface area contributed by atoms with Gasteiger partial charge < -0.3 is 14.2 Å². The van der Waals surface area contributed by atoms with E-state index >= 15 is 0 Å². The minimum absolute atomic E-state index is 0.0493. The second-order valence-corrected chi connectivity index (χ2v) is 5.58. The molecular formula is C19H17NO6. The largest absolute Gasteiger partial charge is 0.496 e. The van der Waals surface area contributed by atoms with E-state index < -0.39 is 17.8 Å². The van der Waals surface area contributed by atoms with Crippen LogP contribution in [0.15, 0.2) is 42.5 Å². The van der Waals surface area contributed by atoms with E-state index in [1.54, 1.807) is 42.5 Å². The zero-order valence-electron chi connectivity index (χ0n) is 14.4. The first-order chi connectivity index (χ1) is 12.5. The fraction of sp³-hybridized carbons (Fsp3) is 0.211. The van der Waals surface area contributed by atoms with E-state index in [1.807, 2.05) is 0 Å². The van der Waals surface area contributed by atoms with Gasteiger partial charge in [-0.2, -0.15) is 0 Å². The molecule has 0 aromatic heterocycles. The third kappa shape index (κ3) is 3.37. The van der Waals surface area contributed by atoms with Crippen LogP contribution in [0, 0.1) is 0 Å². The maximum Gasteiger partial charge on any atom is 0.313 e. The predicted octanol–water partition coefficient (Wildman–Crippen LogP) is 2.30. The molecular weight excluding hydrogens is 338 g/mol. The quantitative estimate of drug-likeness (QED) is 0.449. The van der Waals surface area contributed by atoms with Crippen molar-refractivity contribution < 1.29 is 28.6 Å². The Morgan fingerprint density at radius 3 is 1.88 bits per heavy atom. The number of imide groups is 1. The number of carbonyl (C=O) groups is 3. The van der Waals surface area contributed by atoms with Gasteiger partial charge in [-0.25, -0.2) is 0 Å². The topological polar surface area (TPSA) is 82.1 Å². The first-order valence-electron chi connectivity index (χ1n) is 7.92. The highest BCUT2D eigenvalue weighted by molar-refractivity contribution is 6.21. The SMILES string of the molecule is COc1cc(OC)cc(OC(=O)CCN2C(=O)c3ccccc3C2=O)c1. The average molecular weight is 355 g/mol. The smallest absolute Gasteiger partial charge is 0.313 e. The predicted molar refractivity (Wildman–Crippen MR) is 91.6 cm³/mol. The van der Waals surface area contributed by atoms with Crippen molar-refractivity contribution in [1.29, 1.82) is 0 Å². The number of benzene rings is 2. The van der Waals surface area contributed by atoms with Crippen molar-refractivity contribution in [3.63, 3.8) is 0 Å². The molecule has 0 N–H and O–H groups in total. The van der Waals surface area contributed by atoms with Gasteiger partial charge in [-0.05, 0) is 12.1 Å². The molecule has 0 atom stereocenters. The maximum atomic E-state index is 12.3. The third-order valence-electron chi connectivity index (χ3n) is 3.97. The summed E-state index contributed by atoms with van der Waals surface area (Å²) in [4.78, 5) is 37.7. The summed E-state index contributed by atoms with van der Waals surface area (Å²) in [5.41, 5.74) is 0.701. The normalized spacial score (nSPS) is 12.8. The number of hydrogen-bond acceptors (Lipinski definition) is 6. The second kappa shape index (κ2) is 7.26. The van der Waals surface area contributed by atoms with Gasteiger partial charge in [0.2, 0.25) is 0 Å². The highest BCUT2D eigenvalue weighted by Crippen LogP contribution is 2.28. The number of nitrogens with zero attached hydrogens (tertiary/aromatic N) is 1. The summed E-state index contributed by atoms with van der Waals surface area (Å²) in [7, 11) is 2.98. The first kappa shape index (κ1) is 17.5. The van der Waals surface area contributed by atoms with Gasteiger partial charge in [-0.15, -0.1) is 0 Å². The zero-order chi connectivity index (χ0) is 18.7. The molecule has 0 radical (unpaired) electrons. The van der Waals surface area contributed by atoms with Gasteiger partial charge in [0.05, 0.1) is 31.8 Å². The zero-order valence-corrected chi connectivity index (χ0v) is 14.4. The Kier molecular flexibility index (Phi) is 4.88. The van der Waals surface area contributed by atoms with Crippen LogP contribution < -0.4 is 14.2 Å². The highest BCUT2D eigenvalue weighted by Gasteiger charge is 2.35. The molecule has 26 heavy (non-hydrogen) atoms. The summed E-state index contributed by atoms with van der Waals surface area (Å²) in [5.74, 6) is -0.159. The minimum atomic E-state index is -0.572. The number of amides is 2. The van der Waals surface area contributed by atoms with Crippen LogP contribution in [-0.2, 0) is 4.79 Å². The minimum Gasteiger partial charge on any atom is -0.496 e. The highest BCUT2D eigenvalue weighted by atomic mass is 16.5. The number of esters is 1. The van der Waals surface area contributed by atoms with Crippen molar-refractivity contribution in [3.8, 4) is 17.2 Å². The van der Waals surface area contributed by atoms with Crippen molar-refractivity contribution in [2.75, 3.05) is 20.8 Å². The molecule has 2 amide bonds. The molecule has 7 heteroatoms. The van der Waals surface area contributed by atoms with E-state index in [0.717, 1.165) is 4.90 Å². The molecule has 1 aliphatic heterocycles. The summed E-state index contributed by atoms with van der Waals surface area (Å²) in [6.45, 7) is -0.0493. The summed E-state index contributed by atoms with van der Waals surface area (Å²) in [6.07, 6.45) is -0.120. The van der Waals surface area contributed by atoms with Gasteiger partial charge in [0.25, 0.3) is 11.8 Å². The third-order valence-corrected chi connectivity index (χ3v) is 3.97.